The molecule has 7 heteroatoms. The van der Waals surface area contributed by atoms with Gasteiger partial charge in [-0.1, -0.05) is 6.42 Å². The third-order valence-corrected chi connectivity index (χ3v) is 5.51. The topological polar surface area (TPSA) is 75.9 Å². The van der Waals surface area contributed by atoms with E-state index in [1.807, 2.05) is 13.1 Å². The van der Waals surface area contributed by atoms with E-state index in [1.165, 1.54) is 19.3 Å². The molecule has 7 nitrogen and oxygen atoms in total. The summed E-state index contributed by atoms with van der Waals surface area (Å²) >= 11 is 0. The van der Waals surface area contributed by atoms with Crippen LogP contribution in [0.5, 0.6) is 0 Å². The Balaban J connectivity index is 1.35. The predicted molar refractivity (Wildman–Crippen MR) is 97.3 cm³/mol. The number of amides is 1. The molecule has 2 aromatic rings. The van der Waals surface area contributed by atoms with Crippen LogP contribution in [0.15, 0.2) is 18.6 Å². The van der Waals surface area contributed by atoms with Crippen LogP contribution < -0.4 is 5.32 Å². The van der Waals surface area contributed by atoms with Crippen molar-refractivity contribution in [3.63, 3.8) is 0 Å². The van der Waals surface area contributed by atoms with E-state index in [1.54, 1.807) is 12.4 Å². The molecule has 1 N–H and O–H groups in total. The summed E-state index contributed by atoms with van der Waals surface area (Å²) in [6.45, 7) is 6.56. The molecular formula is C19H26N6O. The van der Waals surface area contributed by atoms with Gasteiger partial charge in [-0.05, 0) is 26.7 Å². The van der Waals surface area contributed by atoms with E-state index in [4.69, 9.17) is 4.98 Å². The van der Waals surface area contributed by atoms with Crippen LogP contribution in [0.3, 0.4) is 0 Å². The standard InChI is InChI=1S/C19H26N6O/c1-13-9-21-16(10-20-13)11-22-18(26)8-15-12-24-6-7-25(17-4-3-5-17)14(2)19(24)23-15/h9-10,12,14,17H,3-8,11H2,1-2H3,(H,22,26)/t14-/m1/s1. The van der Waals surface area contributed by atoms with Crippen molar-refractivity contribution in [2.45, 2.75) is 64.7 Å². The maximum atomic E-state index is 12.3. The molecule has 2 aliphatic rings. The fourth-order valence-corrected chi connectivity index (χ4v) is 3.79. The molecule has 0 aromatic carbocycles. The van der Waals surface area contributed by atoms with Gasteiger partial charge in [0.05, 0.1) is 42.3 Å². The molecule has 1 saturated carbocycles. The Morgan fingerprint density at radius 2 is 2.08 bits per heavy atom. The highest BCUT2D eigenvalue weighted by molar-refractivity contribution is 5.78. The molecule has 1 aliphatic carbocycles. The summed E-state index contributed by atoms with van der Waals surface area (Å²) in [5, 5.41) is 2.90. The number of carbonyl (C=O) groups is 1. The number of rotatable bonds is 5. The smallest absolute Gasteiger partial charge is 0.226 e. The van der Waals surface area contributed by atoms with Gasteiger partial charge in [0, 0.05) is 31.5 Å². The Kier molecular flexibility index (Phi) is 4.72. The van der Waals surface area contributed by atoms with E-state index < -0.39 is 0 Å². The molecule has 0 bridgehead atoms. The fraction of sp³-hybridized carbons (Fsp3) is 0.579. The Hall–Kier alpha value is -2.28. The molecule has 138 valence electrons. The lowest BCUT2D eigenvalue weighted by molar-refractivity contribution is -0.120. The van der Waals surface area contributed by atoms with E-state index in [-0.39, 0.29) is 5.91 Å². The quantitative estimate of drug-likeness (QED) is 0.886. The SMILES string of the molecule is Cc1cnc(CNC(=O)Cc2cn3c(n2)[C@@H](C)N(C2CCC2)CC3)cn1. The van der Waals surface area contributed by atoms with Gasteiger partial charge in [-0.2, -0.15) is 0 Å². The number of carbonyl (C=O) groups excluding carboxylic acids is 1. The lowest BCUT2D eigenvalue weighted by Crippen LogP contribution is -2.46. The highest BCUT2D eigenvalue weighted by Gasteiger charge is 2.34. The van der Waals surface area contributed by atoms with Crippen LogP contribution in [0.4, 0.5) is 0 Å². The van der Waals surface area contributed by atoms with E-state index in [0.29, 0.717) is 19.0 Å². The molecule has 2 aromatic heterocycles. The summed E-state index contributed by atoms with van der Waals surface area (Å²) < 4.78 is 2.22. The number of hydrogen-bond donors (Lipinski definition) is 1. The van der Waals surface area contributed by atoms with Crippen molar-refractivity contribution >= 4 is 5.91 Å². The summed E-state index contributed by atoms with van der Waals surface area (Å²) in [6.07, 6.45) is 9.70. The van der Waals surface area contributed by atoms with Crippen molar-refractivity contribution in [3.8, 4) is 0 Å². The second-order valence-electron chi connectivity index (χ2n) is 7.38. The number of aryl methyl sites for hydroxylation is 1. The molecule has 26 heavy (non-hydrogen) atoms. The zero-order valence-corrected chi connectivity index (χ0v) is 15.5. The average molecular weight is 354 g/mol. The predicted octanol–water partition coefficient (Wildman–Crippen LogP) is 1.77. The Morgan fingerprint density at radius 1 is 1.23 bits per heavy atom. The van der Waals surface area contributed by atoms with Crippen LogP contribution in [0, 0.1) is 6.92 Å². The summed E-state index contributed by atoms with van der Waals surface area (Å²) in [4.78, 5) is 28.0. The molecule has 4 rings (SSSR count). The van der Waals surface area contributed by atoms with Gasteiger partial charge in [-0.25, -0.2) is 4.98 Å². The highest BCUT2D eigenvalue weighted by Crippen LogP contribution is 2.34. The van der Waals surface area contributed by atoms with Crippen LogP contribution in [-0.4, -0.2) is 42.9 Å². The van der Waals surface area contributed by atoms with E-state index in [9.17, 15) is 4.79 Å². The molecule has 0 unspecified atom stereocenters. The van der Waals surface area contributed by atoms with Gasteiger partial charge in [0.25, 0.3) is 0 Å². The lowest BCUT2D eigenvalue weighted by Gasteiger charge is -2.43. The summed E-state index contributed by atoms with van der Waals surface area (Å²) in [7, 11) is 0. The van der Waals surface area contributed by atoms with Crippen LogP contribution in [-0.2, 0) is 24.3 Å². The normalized spacial score (nSPS) is 20.5. The van der Waals surface area contributed by atoms with E-state index in [2.05, 4.69) is 31.7 Å². The second kappa shape index (κ2) is 7.15. The van der Waals surface area contributed by atoms with Gasteiger partial charge < -0.3 is 9.88 Å². The molecular weight excluding hydrogens is 328 g/mol. The molecule has 0 saturated heterocycles. The maximum absolute atomic E-state index is 12.3. The van der Waals surface area contributed by atoms with Crippen molar-refractivity contribution in [2.24, 2.45) is 0 Å². The number of nitrogens with zero attached hydrogens (tertiary/aromatic N) is 5. The lowest BCUT2D eigenvalue weighted by atomic mass is 9.90. The highest BCUT2D eigenvalue weighted by atomic mass is 16.1. The van der Waals surface area contributed by atoms with E-state index >= 15 is 0 Å². The van der Waals surface area contributed by atoms with Gasteiger partial charge in [-0.15, -0.1) is 0 Å². The first-order chi connectivity index (χ1) is 12.6. The van der Waals surface area contributed by atoms with Crippen LogP contribution in [0.2, 0.25) is 0 Å². The van der Waals surface area contributed by atoms with Gasteiger partial charge in [0.1, 0.15) is 5.82 Å². The minimum atomic E-state index is -0.0358. The third-order valence-electron chi connectivity index (χ3n) is 5.51. The van der Waals surface area contributed by atoms with Gasteiger partial charge >= 0.3 is 0 Å². The van der Waals surface area contributed by atoms with Crippen molar-refractivity contribution in [1.82, 2.24) is 29.7 Å². The molecule has 0 spiro atoms. The third kappa shape index (κ3) is 3.49. The summed E-state index contributed by atoms with van der Waals surface area (Å²) in [6, 6.07) is 1.05. The first-order valence-corrected chi connectivity index (χ1v) is 9.46. The molecule has 1 amide bonds. The van der Waals surface area contributed by atoms with Gasteiger partial charge in [0.2, 0.25) is 5.91 Å². The van der Waals surface area contributed by atoms with Crippen molar-refractivity contribution < 1.29 is 4.79 Å². The second-order valence-corrected chi connectivity index (χ2v) is 7.38. The summed E-state index contributed by atoms with van der Waals surface area (Å²) in [5.41, 5.74) is 2.47. The fourth-order valence-electron chi connectivity index (χ4n) is 3.79. The molecule has 0 radical (unpaired) electrons. The number of aromatic nitrogens is 4. The zero-order valence-electron chi connectivity index (χ0n) is 15.5. The number of hydrogen-bond acceptors (Lipinski definition) is 5. The Morgan fingerprint density at radius 3 is 2.77 bits per heavy atom. The zero-order chi connectivity index (χ0) is 18.1. The number of fused-ring (bicyclic) bond motifs is 1. The molecule has 1 fully saturated rings. The first kappa shape index (κ1) is 17.1. The Bertz CT molecular complexity index is 780. The van der Waals surface area contributed by atoms with Crippen molar-refractivity contribution in [1.29, 1.82) is 0 Å². The number of imidazole rings is 1. The molecule has 1 atom stereocenters. The maximum Gasteiger partial charge on any atom is 0.226 e. The minimum Gasteiger partial charge on any atom is -0.350 e. The van der Waals surface area contributed by atoms with Gasteiger partial charge in [0.15, 0.2) is 0 Å². The van der Waals surface area contributed by atoms with Crippen LogP contribution in [0.25, 0.3) is 0 Å². The van der Waals surface area contributed by atoms with Crippen LogP contribution >= 0.6 is 0 Å². The first-order valence-electron chi connectivity index (χ1n) is 9.46. The largest absolute Gasteiger partial charge is 0.350 e. The Labute approximate surface area is 153 Å². The summed E-state index contributed by atoms with van der Waals surface area (Å²) in [5.74, 6) is 1.06. The van der Waals surface area contributed by atoms with Crippen molar-refractivity contribution in [3.05, 3.63) is 41.5 Å². The van der Waals surface area contributed by atoms with Crippen molar-refractivity contribution in [2.75, 3.05) is 6.54 Å². The molecule has 1 aliphatic heterocycles. The van der Waals surface area contributed by atoms with E-state index in [0.717, 1.165) is 42.0 Å². The monoisotopic (exact) mass is 354 g/mol. The average Bonchev–Trinajstić information content (AvgIpc) is 2.99. The van der Waals surface area contributed by atoms with Gasteiger partial charge in [-0.3, -0.25) is 19.7 Å². The van der Waals surface area contributed by atoms with Crippen LogP contribution in [0.1, 0.15) is 55.1 Å². The number of nitrogens with one attached hydrogen (secondary N) is 1. The minimum absolute atomic E-state index is 0.0358. The molecule has 3 heterocycles.